The molecule has 28 heavy (non-hydrogen) atoms. The van der Waals surface area contributed by atoms with Gasteiger partial charge in [-0.15, -0.1) is 0 Å². The molecule has 1 heterocycles. The zero-order valence-electron chi connectivity index (χ0n) is 16.0. The molecule has 1 N–H and O–H groups in total. The summed E-state index contributed by atoms with van der Waals surface area (Å²) < 4.78 is 1.93. The number of hydrogen-bond donors (Lipinski definition) is 1. The van der Waals surface area contributed by atoms with Crippen LogP contribution in [-0.4, -0.2) is 34.2 Å². The number of halogens is 2. The van der Waals surface area contributed by atoms with Gasteiger partial charge in [-0.2, -0.15) is 5.10 Å². The van der Waals surface area contributed by atoms with E-state index in [0.29, 0.717) is 22.3 Å². The summed E-state index contributed by atoms with van der Waals surface area (Å²) in [5, 5.41) is 8.28. The summed E-state index contributed by atoms with van der Waals surface area (Å²) in [6.07, 6.45) is 0. The van der Waals surface area contributed by atoms with Crippen LogP contribution in [0.3, 0.4) is 0 Å². The van der Waals surface area contributed by atoms with Gasteiger partial charge in [0.05, 0.1) is 33.7 Å². The fourth-order valence-corrected chi connectivity index (χ4v) is 3.58. The molecule has 1 aromatic heterocycles. The third-order valence-electron chi connectivity index (χ3n) is 4.51. The first-order valence-corrected chi connectivity index (χ1v) is 9.65. The molecule has 0 saturated carbocycles. The summed E-state index contributed by atoms with van der Waals surface area (Å²) in [7, 11) is 1.90. The lowest BCUT2D eigenvalue weighted by Crippen LogP contribution is -2.30. The Morgan fingerprint density at radius 1 is 1.07 bits per heavy atom. The van der Waals surface area contributed by atoms with Crippen molar-refractivity contribution in [1.82, 2.24) is 14.7 Å². The Bertz CT molecular complexity index is 965. The van der Waals surface area contributed by atoms with Crippen molar-refractivity contribution in [2.75, 3.05) is 18.9 Å². The van der Waals surface area contributed by atoms with Crippen molar-refractivity contribution in [1.29, 1.82) is 0 Å². The van der Waals surface area contributed by atoms with Gasteiger partial charge in [0.1, 0.15) is 0 Å². The van der Waals surface area contributed by atoms with Crippen molar-refractivity contribution in [2.24, 2.45) is 0 Å². The zero-order valence-corrected chi connectivity index (χ0v) is 17.6. The Labute approximate surface area is 174 Å². The number of benzene rings is 2. The van der Waals surface area contributed by atoms with Gasteiger partial charge in [-0.05, 0) is 45.2 Å². The molecular weight excluding hydrogens is 395 g/mol. The largest absolute Gasteiger partial charge is 0.322 e. The number of nitrogens with one attached hydrogen (secondary N) is 1. The number of hydrogen-bond acceptors (Lipinski definition) is 3. The van der Waals surface area contributed by atoms with E-state index in [1.54, 1.807) is 18.2 Å². The normalized spacial score (nSPS) is 11.1. The van der Waals surface area contributed by atoms with Gasteiger partial charge in [-0.1, -0.05) is 47.5 Å². The monoisotopic (exact) mass is 416 g/mol. The van der Waals surface area contributed by atoms with Gasteiger partial charge in [0.2, 0.25) is 5.91 Å². The molecule has 0 saturated heterocycles. The number of nitrogens with zero attached hydrogens (tertiary/aromatic N) is 3. The number of likely N-dealkylation sites (N-methyl/N-ethyl adjacent to an activating group) is 1. The number of aromatic nitrogens is 2. The summed E-state index contributed by atoms with van der Waals surface area (Å²) >= 11 is 12.2. The second-order valence-electron chi connectivity index (χ2n) is 6.71. The number of anilines is 1. The van der Waals surface area contributed by atoms with E-state index >= 15 is 0 Å². The average Bonchev–Trinajstić information content (AvgIpc) is 2.94. The Morgan fingerprint density at radius 2 is 1.71 bits per heavy atom. The van der Waals surface area contributed by atoms with E-state index in [1.165, 1.54) is 0 Å². The lowest BCUT2D eigenvalue weighted by Gasteiger charge is -2.17. The number of amides is 1. The standard InChI is InChI=1S/C21H22Cl2N4O/c1-14-17(15(2)27(25-14)16-8-5-4-6-9-16)12-26(3)13-20(28)24-21-18(22)10-7-11-19(21)23/h4-11H,12-13H2,1-3H3,(H,24,28). The fourth-order valence-electron chi connectivity index (χ4n) is 3.09. The van der Waals surface area contributed by atoms with Gasteiger partial charge in [0, 0.05) is 17.8 Å². The van der Waals surface area contributed by atoms with Gasteiger partial charge >= 0.3 is 0 Å². The fraction of sp³-hybridized carbons (Fsp3) is 0.238. The molecule has 5 nitrogen and oxygen atoms in total. The second kappa shape index (κ2) is 8.78. The van der Waals surface area contributed by atoms with Crippen LogP contribution in [0.2, 0.25) is 10.0 Å². The molecule has 3 rings (SSSR count). The molecular formula is C21H22Cl2N4O. The van der Waals surface area contributed by atoms with Gasteiger partial charge in [0.25, 0.3) is 0 Å². The van der Waals surface area contributed by atoms with Crippen LogP contribution in [0, 0.1) is 13.8 Å². The quantitative estimate of drug-likeness (QED) is 0.623. The van der Waals surface area contributed by atoms with Crippen LogP contribution in [0.15, 0.2) is 48.5 Å². The minimum Gasteiger partial charge on any atom is -0.322 e. The lowest BCUT2D eigenvalue weighted by atomic mass is 10.2. The highest BCUT2D eigenvalue weighted by molar-refractivity contribution is 6.39. The van der Waals surface area contributed by atoms with Crippen LogP contribution >= 0.6 is 23.2 Å². The van der Waals surface area contributed by atoms with E-state index in [9.17, 15) is 4.79 Å². The summed E-state index contributed by atoms with van der Waals surface area (Å²) in [4.78, 5) is 14.4. The molecule has 0 bridgehead atoms. The first kappa shape index (κ1) is 20.4. The highest BCUT2D eigenvalue weighted by Gasteiger charge is 2.17. The number of carbonyl (C=O) groups is 1. The summed E-state index contributed by atoms with van der Waals surface area (Å²) in [5.41, 5.74) is 4.57. The van der Waals surface area contributed by atoms with E-state index in [0.717, 1.165) is 22.6 Å². The van der Waals surface area contributed by atoms with Crippen molar-refractivity contribution < 1.29 is 4.79 Å². The third kappa shape index (κ3) is 4.55. The molecule has 0 unspecified atom stereocenters. The number of rotatable bonds is 6. The van der Waals surface area contributed by atoms with E-state index in [2.05, 4.69) is 10.4 Å². The molecule has 0 atom stereocenters. The van der Waals surface area contributed by atoms with E-state index in [1.807, 2.05) is 60.8 Å². The molecule has 0 aliphatic rings. The average molecular weight is 417 g/mol. The first-order valence-electron chi connectivity index (χ1n) is 8.89. The minimum absolute atomic E-state index is 0.178. The number of carbonyl (C=O) groups excluding carboxylic acids is 1. The van der Waals surface area contributed by atoms with Crippen LogP contribution in [0.25, 0.3) is 5.69 Å². The van der Waals surface area contributed by atoms with Gasteiger partial charge in [0.15, 0.2) is 0 Å². The topological polar surface area (TPSA) is 50.2 Å². The summed E-state index contributed by atoms with van der Waals surface area (Å²) in [6.45, 7) is 4.84. The molecule has 0 radical (unpaired) electrons. The van der Waals surface area contributed by atoms with Crippen molar-refractivity contribution in [3.05, 3.63) is 75.5 Å². The minimum atomic E-state index is -0.178. The smallest absolute Gasteiger partial charge is 0.238 e. The van der Waals surface area contributed by atoms with Crippen LogP contribution in [0.4, 0.5) is 5.69 Å². The Morgan fingerprint density at radius 3 is 2.36 bits per heavy atom. The molecule has 0 aliphatic heterocycles. The predicted octanol–water partition coefficient (Wildman–Crippen LogP) is 4.87. The van der Waals surface area contributed by atoms with Gasteiger partial charge < -0.3 is 5.32 Å². The SMILES string of the molecule is Cc1nn(-c2ccccc2)c(C)c1CN(C)CC(=O)Nc1c(Cl)cccc1Cl. The van der Waals surface area contributed by atoms with Crippen LogP contribution in [-0.2, 0) is 11.3 Å². The van der Waals surface area contributed by atoms with E-state index in [4.69, 9.17) is 23.2 Å². The van der Waals surface area contributed by atoms with E-state index in [-0.39, 0.29) is 12.5 Å². The van der Waals surface area contributed by atoms with Crippen LogP contribution < -0.4 is 5.32 Å². The number of para-hydroxylation sites is 2. The van der Waals surface area contributed by atoms with Crippen LogP contribution in [0.5, 0.6) is 0 Å². The van der Waals surface area contributed by atoms with Crippen molar-refractivity contribution >= 4 is 34.8 Å². The first-order chi connectivity index (χ1) is 13.4. The Kier molecular flexibility index (Phi) is 6.39. The molecule has 1 amide bonds. The molecule has 2 aromatic carbocycles. The Hall–Kier alpha value is -2.34. The summed E-state index contributed by atoms with van der Waals surface area (Å²) in [5.74, 6) is -0.178. The molecule has 3 aromatic rings. The lowest BCUT2D eigenvalue weighted by molar-refractivity contribution is -0.117. The van der Waals surface area contributed by atoms with Gasteiger partial charge in [-0.3, -0.25) is 9.69 Å². The maximum absolute atomic E-state index is 12.4. The second-order valence-corrected chi connectivity index (χ2v) is 7.53. The van der Waals surface area contributed by atoms with Crippen LogP contribution in [0.1, 0.15) is 17.0 Å². The Balaban J connectivity index is 1.69. The molecule has 0 fully saturated rings. The zero-order chi connectivity index (χ0) is 20.3. The van der Waals surface area contributed by atoms with Crippen molar-refractivity contribution in [3.8, 4) is 5.69 Å². The summed E-state index contributed by atoms with van der Waals surface area (Å²) in [6, 6.07) is 15.1. The van der Waals surface area contributed by atoms with Crippen molar-refractivity contribution in [3.63, 3.8) is 0 Å². The third-order valence-corrected chi connectivity index (χ3v) is 5.14. The molecule has 7 heteroatoms. The predicted molar refractivity (Wildman–Crippen MR) is 114 cm³/mol. The van der Waals surface area contributed by atoms with Gasteiger partial charge in [-0.25, -0.2) is 4.68 Å². The number of aryl methyl sites for hydroxylation is 1. The maximum Gasteiger partial charge on any atom is 0.238 e. The molecule has 0 aliphatic carbocycles. The molecule has 0 spiro atoms. The molecule has 146 valence electrons. The highest BCUT2D eigenvalue weighted by Crippen LogP contribution is 2.29. The highest BCUT2D eigenvalue weighted by atomic mass is 35.5. The van der Waals surface area contributed by atoms with Crippen molar-refractivity contribution in [2.45, 2.75) is 20.4 Å². The maximum atomic E-state index is 12.4. The van der Waals surface area contributed by atoms with E-state index < -0.39 is 0 Å².